The molecule has 0 aromatic carbocycles. The molecule has 0 saturated heterocycles. The lowest BCUT2D eigenvalue weighted by atomic mass is 9.94. The van der Waals surface area contributed by atoms with Crippen LogP contribution in [0.15, 0.2) is 0 Å². The smallest absolute Gasteiger partial charge is 0.265 e. The lowest BCUT2D eigenvalue weighted by Gasteiger charge is -2.34. The summed E-state index contributed by atoms with van der Waals surface area (Å²) < 4.78 is 2.69. The van der Waals surface area contributed by atoms with Gasteiger partial charge in [0.05, 0.1) is 39.3 Å². The molecule has 0 atom stereocenters. The van der Waals surface area contributed by atoms with Gasteiger partial charge >= 0.3 is 5.96 Å². The van der Waals surface area contributed by atoms with Crippen molar-refractivity contribution in [2.75, 3.05) is 33.2 Å². The fourth-order valence-corrected chi connectivity index (χ4v) is 3.79. The van der Waals surface area contributed by atoms with E-state index >= 15 is 0 Å². The van der Waals surface area contributed by atoms with E-state index in [2.05, 4.69) is 49.1 Å². The zero-order valence-corrected chi connectivity index (χ0v) is 16.6. The van der Waals surface area contributed by atoms with Crippen molar-refractivity contribution in [3.63, 3.8) is 0 Å². The van der Waals surface area contributed by atoms with Crippen LogP contribution in [0.3, 0.4) is 0 Å². The van der Waals surface area contributed by atoms with E-state index in [4.69, 9.17) is 0 Å². The van der Waals surface area contributed by atoms with Crippen LogP contribution in [-0.4, -0.2) is 59.6 Å². The van der Waals surface area contributed by atoms with Gasteiger partial charge in [0.1, 0.15) is 0 Å². The Hall–Kier alpha value is -0.730. The number of unbranched alkanes of at least 4 members (excludes halogenated alkanes) is 2. The zero-order chi connectivity index (χ0) is 17.1. The van der Waals surface area contributed by atoms with Gasteiger partial charge in [0.15, 0.2) is 0 Å². The Bertz CT molecular complexity index is 318. The summed E-state index contributed by atoms with van der Waals surface area (Å²) in [5, 5.41) is 0. The second-order valence-corrected chi connectivity index (χ2v) is 7.07. The normalized spacial score (nSPS) is 15.5. The second kappa shape index (κ2) is 11.8. The van der Waals surface area contributed by atoms with E-state index in [9.17, 15) is 0 Å². The predicted molar refractivity (Wildman–Crippen MR) is 102 cm³/mol. The van der Waals surface area contributed by atoms with E-state index in [-0.39, 0.29) is 0 Å². The Morgan fingerprint density at radius 3 is 1.83 bits per heavy atom. The van der Waals surface area contributed by atoms with Crippen LogP contribution in [0.4, 0.5) is 0 Å². The molecule has 3 nitrogen and oxygen atoms in total. The van der Waals surface area contributed by atoms with Gasteiger partial charge in [-0.3, -0.25) is 14.4 Å². The molecule has 0 aromatic heterocycles. The van der Waals surface area contributed by atoms with Crippen molar-refractivity contribution in [2.24, 2.45) is 0 Å². The lowest BCUT2D eigenvalue weighted by molar-refractivity contribution is -0.539. The quantitative estimate of drug-likeness (QED) is 0.349. The number of hydrogen-bond donors (Lipinski definition) is 0. The van der Waals surface area contributed by atoms with Crippen LogP contribution in [-0.2, 0) is 0 Å². The Morgan fingerprint density at radius 2 is 1.39 bits per heavy atom. The number of hydrogen-bond acceptors (Lipinski definition) is 0. The summed E-state index contributed by atoms with van der Waals surface area (Å²) in [6, 6.07) is 0.741. The molecule has 23 heavy (non-hydrogen) atoms. The van der Waals surface area contributed by atoms with Crippen LogP contribution in [0.25, 0.3) is 0 Å². The first-order valence-corrected chi connectivity index (χ1v) is 10.3. The van der Waals surface area contributed by atoms with Gasteiger partial charge in [-0.25, -0.2) is 0 Å². The molecule has 0 bridgehead atoms. The highest BCUT2D eigenvalue weighted by Crippen LogP contribution is 2.22. The number of nitrogens with zero attached hydrogens (tertiary/aromatic N) is 3. The van der Waals surface area contributed by atoms with Crippen molar-refractivity contribution in [3.05, 3.63) is 0 Å². The SMILES string of the molecule is CCCC[N+](CCCC)=C(N(CC)CC)N(C)C1CCCCC1. The molecular formula is C20H42N3+. The van der Waals surface area contributed by atoms with Crippen LogP contribution in [0.2, 0.25) is 0 Å². The van der Waals surface area contributed by atoms with Gasteiger partial charge < -0.3 is 0 Å². The topological polar surface area (TPSA) is 9.49 Å². The average Bonchev–Trinajstić information content (AvgIpc) is 2.60. The van der Waals surface area contributed by atoms with E-state index in [1.165, 1.54) is 76.8 Å². The summed E-state index contributed by atoms with van der Waals surface area (Å²) in [6.45, 7) is 13.8. The molecule has 0 aromatic rings. The van der Waals surface area contributed by atoms with E-state index in [0.29, 0.717) is 0 Å². The first-order valence-electron chi connectivity index (χ1n) is 10.3. The van der Waals surface area contributed by atoms with E-state index in [1.807, 2.05) is 0 Å². The molecule has 0 unspecified atom stereocenters. The Kier molecular flexibility index (Phi) is 10.4. The number of rotatable bonds is 9. The molecular weight excluding hydrogens is 282 g/mol. The third kappa shape index (κ3) is 6.35. The molecule has 1 aliphatic carbocycles. The van der Waals surface area contributed by atoms with Crippen molar-refractivity contribution in [1.82, 2.24) is 9.80 Å². The third-order valence-electron chi connectivity index (χ3n) is 5.33. The third-order valence-corrected chi connectivity index (χ3v) is 5.33. The first-order chi connectivity index (χ1) is 11.2. The summed E-state index contributed by atoms with van der Waals surface area (Å²) >= 11 is 0. The van der Waals surface area contributed by atoms with Gasteiger partial charge in [0.2, 0.25) is 0 Å². The zero-order valence-electron chi connectivity index (χ0n) is 16.6. The summed E-state index contributed by atoms with van der Waals surface area (Å²) in [7, 11) is 2.36. The maximum absolute atomic E-state index is 2.69. The highest BCUT2D eigenvalue weighted by atomic mass is 15.4. The van der Waals surface area contributed by atoms with E-state index in [1.54, 1.807) is 0 Å². The van der Waals surface area contributed by atoms with Gasteiger partial charge in [-0.1, -0.05) is 46.0 Å². The van der Waals surface area contributed by atoms with Gasteiger partial charge in [-0.15, -0.1) is 0 Å². The molecule has 0 amide bonds. The average molecular weight is 325 g/mol. The van der Waals surface area contributed by atoms with Crippen molar-refractivity contribution >= 4 is 5.96 Å². The molecule has 1 rings (SSSR count). The molecule has 1 fully saturated rings. The standard InChI is InChI=1S/C20H42N3/c1-6-10-17-23(18-11-7-2)20(22(8-3)9-4)21(5)19-15-13-12-14-16-19/h19H,6-18H2,1-5H3/q+1. The van der Waals surface area contributed by atoms with Crippen LogP contribution in [0, 0.1) is 0 Å². The fraction of sp³-hybridized carbons (Fsp3) is 0.950. The second-order valence-electron chi connectivity index (χ2n) is 7.07. The maximum Gasteiger partial charge on any atom is 0.350 e. The molecule has 0 N–H and O–H groups in total. The first kappa shape index (κ1) is 20.3. The molecule has 0 heterocycles. The number of guanidine groups is 1. The minimum Gasteiger partial charge on any atom is -0.265 e. The monoisotopic (exact) mass is 324 g/mol. The largest absolute Gasteiger partial charge is 0.350 e. The summed E-state index contributed by atoms with van der Waals surface area (Å²) in [4.78, 5) is 5.22. The van der Waals surface area contributed by atoms with Crippen molar-refractivity contribution in [3.8, 4) is 0 Å². The van der Waals surface area contributed by atoms with Crippen molar-refractivity contribution in [1.29, 1.82) is 0 Å². The Labute approximate surface area is 145 Å². The molecule has 0 radical (unpaired) electrons. The van der Waals surface area contributed by atoms with E-state index in [0.717, 1.165) is 19.1 Å². The minimum atomic E-state index is 0.741. The Balaban J connectivity index is 3.07. The fourth-order valence-electron chi connectivity index (χ4n) is 3.79. The summed E-state index contributed by atoms with van der Waals surface area (Å²) in [6.07, 6.45) is 12.1. The van der Waals surface area contributed by atoms with Crippen LogP contribution < -0.4 is 0 Å². The molecule has 0 spiro atoms. The van der Waals surface area contributed by atoms with Gasteiger partial charge in [0.25, 0.3) is 0 Å². The van der Waals surface area contributed by atoms with Gasteiger partial charge in [-0.2, -0.15) is 0 Å². The molecule has 1 aliphatic rings. The highest BCUT2D eigenvalue weighted by Gasteiger charge is 2.31. The van der Waals surface area contributed by atoms with Crippen molar-refractivity contribution < 1.29 is 4.58 Å². The van der Waals surface area contributed by atoms with Crippen LogP contribution in [0.1, 0.15) is 85.5 Å². The molecule has 3 heteroatoms. The van der Waals surface area contributed by atoms with Crippen LogP contribution >= 0.6 is 0 Å². The minimum absolute atomic E-state index is 0.741. The molecule has 136 valence electrons. The summed E-state index contributed by atoms with van der Waals surface area (Å²) in [5.41, 5.74) is 0. The highest BCUT2D eigenvalue weighted by molar-refractivity contribution is 5.75. The van der Waals surface area contributed by atoms with E-state index < -0.39 is 0 Å². The Morgan fingerprint density at radius 1 is 0.870 bits per heavy atom. The van der Waals surface area contributed by atoms with Gasteiger partial charge in [0, 0.05) is 0 Å². The lowest BCUT2D eigenvalue weighted by Crippen LogP contribution is -2.52. The predicted octanol–water partition coefficient (Wildman–Crippen LogP) is 4.56. The molecule has 1 saturated carbocycles. The van der Waals surface area contributed by atoms with Crippen molar-refractivity contribution in [2.45, 2.75) is 91.5 Å². The molecule has 0 aliphatic heterocycles. The summed E-state index contributed by atoms with van der Waals surface area (Å²) in [5.74, 6) is 1.50. The van der Waals surface area contributed by atoms with Crippen LogP contribution in [0.5, 0.6) is 0 Å². The maximum atomic E-state index is 2.69. The van der Waals surface area contributed by atoms with Gasteiger partial charge in [-0.05, 0) is 39.5 Å².